The largest absolute Gasteiger partial charge is 0.369 e. The molecule has 0 aliphatic rings. The molecule has 0 heterocycles. The van der Waals surface area contributed by atoms with Crippen molar-refractivity contribution in [3.05, 3.63) is 35.4 Å². The normalized spacial score (nSPS) is 14.8. The van der Waals surface area contributed by atoms with Gasteiger partial charge in [0.05, 0.1) is 12.2 Å². The Labute approximate surface area is 112 Å². The molecule has 102 valence electrons. The molecule has 0 spiro atoms. The maximum Gasteiger partial charge on any atom is 0.0955 e. The molecule has 0 aliphatic heterocycles. The number of hydrogen-bond acceptors (Lipinski definition) is 2. The van der Waals surface area contributed by atoms with Crippen molar-refractivity contribution in [2.24, 2.45) is 5.92 Å². The fourth-order valence-electron chi connectivity index (χ4n) is 2.36. The highest BCUT2D eigenvalue weighted by molar-refractivity contribution is 5.28. The predicted molar refractivity (Wildman–Crippen MR) is 77.8 cm³/mol. The molecule has 2 heteroatoms. The lowest BCUT2D eigenvalue weighted by molar-refractivity contribution is -0.0120. The Morgan fingerprint density at radius 1 is 1.17 bits per heavy atom. The van der Waals surface area contributed by atoms with E-state index in [9.17, 15) is 0 Å². The van der Waals surface area contributed by atoms with Crippen molar-refractivity contribution in [1.82, 2.24) is 5.32 Å². The van der Waals surface area contributed by atoms with Crippen LogP contribution in [0.5, 0.6) is 0 Å². The second-order valence-electron chi connectivity index (χ2n) is 5.48. The van der Waals surface area contributed by atoms with E-state index in [1.54, 1.807) is 0 Å². The highest BCUT2D eigenvalue weighted by atomic mass is 16.5. The van der Waals surface area contributed by atoms with Gasteiger partial charge in [-0.05, 0) is 44.4 Å². The van der Waals surface area contributed by atoms with E-state index >= 15 is 0 Å². The van der Waals surface area contributed by atoms with Crippen LogP contribution in [0, 0.1) is 12.8 Å². The Morgan fingerprint density at radius 2 is 1.83 bits per heavy atom. The summed E-state index contributed by atoms with van der Waals surface area (Å²) in [6, 6.07) is 8.47. The maximum absolute atomic E-state index is 6.21. The molecule has 0 saturated carbocycles. The predicted octanol–water partition coefficient (Wildman–Crippen LogP) is 3.71. The summed E-state index contributed by atoms with van der Waals surface area (Å²) < 4.78 is 6.21. The molecular weight excluding hydrogens is 222 g/mol. The number of rotatable bonds is 7. The third-order valence-electron chi connectivity index (χ3n) is 3.12. The number of aryl methyl sites for hydroxylation is 1. The van der Waals surface area contributed by atoms with E-state index in [-0.39, 0.29) is 6.10 Å². The van der Waals surface area contributed by atoms with Crippen molar-refractivity contribution in [3.8, 4) is 0 Å². The average Bonchev–Trinajstić information content (AvgIpc) is 2.28. The summed E-state index contributed by atoms with van der Waals surface area (Å²) in [6.07, 6.45) is 1.54. The quantitative estimate of drug-likeness (QED) is 0.795. The fourth-order valence-corrected chi connectivity index (χ4v) is 2.36. The van der Waals surface area contributed by atoms with Crippen molar-refractivity contribution in [2.75, 3.05) is 13.6 Å². The third-order valence-corrected chi connectivity index (χ3v) is 3.12. The van der Waals surface area contributed by atoms with Gasteiger partial charge in [0.1, 0.15) is 0 Å². The average molecular weight is 249 g/mol. The lowest BCUT2D eigenvalue weighted by Crippen LogP contribution is -2.24. The molecule has 0 fully saturated rings. The Balaban J connectivity index is 2.74. The first-order valence-electron chi connectivity index (χ1n) is 6.90. The van der Waals surface area contributed by atoms with Gasteiger partial charge >= 0.3 is 0 Å². The van der Waals surface area contributed by atoms with Crippen LogP contribution in [0.3, 0.4) is 0 Å². The summed E-state index contributed by atoms with van der Waals surface area (Å²) in [6.45, 7) is 9.64. The molecule has 0 aromatic heterocycles. The van der Waals surface area contributed by atoms with Crippen molar-refractivity contribution in [2.45, 2.75) is 46.3 Å². The summed E-state index contributed by atoms with van der Waals surface area (Å²) in [7, 11) is 1.97. The molecule has 0 saturated heterocycles. The van der Waals surface area contributed by atoms with E-state index < -0.39 is 0 Å². The number of likely N-dealkylation sites (N-methyl/N-ethyl adjacent to an activating group) is 1. The van der Waals surface area contributed by atoms with E-state index in [0.29, 0.717) is 12.0 Å². The Morgan fingerprint density at radius 3 is 2.39 bits per heavy atom. The molecule has 1 rings (SSSR count). The molecule has 0 radical (unpaired) electrons. The minimum absolute atomic E-state index is 0.143. The summed E-state index contributed by atoms with van der Waals surface area (Å²) in [5.41, 5.74) is 2.59. The Bertz CT molecular complexity index is 349. The SMILES string of the molecule is CNCC(OC(C)CC(C)C)c1ccccc1C. The van der Waals surface area contributed by atoms with Gasteiger partial charge < -0.3 is 10.1 Å². The highest BCUT2D eigenvalue weighted by Crippen LogP contribution is 2.23. The summed E-state index contributed by atoms with van der Waals surface area (Å²) in [5.74, 6) is 0.673. The number of nitrogens with one attached hydrogen (secondary N) is 1. The standard InChI is InChI=1S/C16H27NO/c1-12(2)10-14(4)18-16(11-17-5)15-9-7-6-8-13(15)3/h6-9,12,14,16-17H,10-11H2,1-5H3. The van der Waals surface area contributed by atoms with Crippen molar-refractivity contribution >= 4 is 0 Å². The molecular formula is C16H27NO. The van der Waals surface area contributed by atoms with Crippen molar-refractivity contribution in [3.63, 3.8) is 0 Å². The van der Waals surface area contributed by atoms with Crippen LogP contribution in [-0.4, -0.2) is 19.7 Å². The van der Waals surface area contributed by atoms with Gasteiger partial charge in [0.15, 0.2) is 0 Å². The van der Waals surface area contributed by atoms with Gasteiger partial charge in [-0.15, -0.1) is 0 Å². The van der Waals surface area contributed by atoms with E-state index in [0.717, 1.165) is 13.0 Å². The van der Waals surface area contributed by atoms with Crippen LogP contribution < -0.4 is 5.32 Å². The van der Waals surface area contributed by atoms with Crippen LogP contribution in [-0.2, 0) is 4.74 Å². The molecule has 0 amide bonds. The van der Waals surface area contributed by atoms with Crippen molar-refractivity contribution in [1.29, 1.82) is 0 Å². The minimum atomic E-state index is 0.143. The second-order valence-corrected chi connectivity index (χ2v) is 5.48. The Kier molecular flexibility index (Phi) is 6.37. The second kappa shape index (κ2) is 7.55. The van der Waals surface area contributed by atoms with Gasteiger partial charge in [0.2, 0.25) is 0 Å². The molecule has 1 aromatic rings. The molecule has 1 N–H and O–H groups in total. The van der Waals surface area contributed by atoms with Crippen LogP contribution in [0.15, 0.2) is 24.3 Å². The summed E-state index contributed by atoms with van der Waals surface area (Å²) in [4.78, 5) is 0. The van der Waals surface area contributed by atoms with Gasteiger partial charge in [-0.3, -0.25) is 0 Å². The minimum Gasteiger partial charge on any atom is -0.369 e. The molecule has 18 heavy (non-hydrogen) atoms. The van der Waals surface area contributed by atoms with E-state index in [1.165, 1.54) is 11.1 Å². The van der Waals surface area contributed by atoms with E-state index in [4.69, 9.17) is 4.74 Å². The van der Waals surface area contributed by atoms with Crippen LogP contribution in [0.25, 0.3) is 0 Å². The first-order valence-corrected chi connectivity index (χ1v) is 6.90. The van der Waals surface area contributed by atoms with Crippen LogP contribution >= 0.6 is 0 Å². The molecule has 1 aromatic carbocycles. The zero-order valence-electron chi connectivity index (χ0n) is 12.4. The lowest BCUT2D eigenvalue weighted by atomic mass is 10.0. The topological polar surface area (TPSA) is 21.3 Å². The van der Waals surface area contributed by atoms with Gasteiger partial charge in [-0.1, -0.05) is 38.1 Å². The van der Waals surface area contributed by atoms with Gasteiger partial charge in [-0.25, -0.2) is 0 Å². The number of benzene rings is 1. The Hall–Kier alpha value is -0.860. The number of ether oxygens (including phenoxy) is 1. The summed E-state index contributed by atoms with van der Waals surface area (Å²) >= 11 is 0. The zero-order chi connectivity index (χ0) is 13.5. The maximum atomic E-state index is 6.21. The molecule has 0 aliphatic carbocycles. The van der Waals surface area contributed by atoms with E-state index in [2.05, 4.69) is 57.3 Å². The monoisotopic (exact) mass is 249 g/mol. The molecule has 2 nitrogen and oxygen atoms in total. The highest BCUT2D eigenvalue weighted by Gasteiger charge is 2.17. The van der Waals surface area contributed by atoms with Crippen molar-refractivity contribution < 1.29 is 4.74 Å². The fraction of sp³-hybridized carbons (Fsp3) is 0.625. The zero-order valence-corrected chi connectivity index (χ0v) is 12.4. The van der Waals surface area contributed by atoms with Gasteiger partial charge in [-0.2, -0.15) is 0 Å². The smallest absolute Gasteiger partial charge is 0.0955 e. The van der Waals surface area contributed by atoms with Gasteiger partial charge in [0, 0.05) is 6.54 Å². The molecule has 2 unspecified atom stereocenters. The molecule has 0 bridgehead atoms. The lowest BCUT2D eigenvalue weighted by Gasteiger charge is -2.25. The van der Waals surface area contributed by atoms with E-state index in [1.807, 2.05) is 7.05 Å². The van der Waals surface area contributed by atoms with Crippen LogP contribution in [0.1, 0.15) is 44.4 Å². The molecule has 2 atom stereocenters. The van der Waals surface area contributed by atoms with Crippen LogP contribution in [0.4, 0.5) is 0 Å². The first kappa shape index (κ1) is 15.2. The first-order chi connectivity index (χ1) is 8.54. The summed E-state index contributed by atoms with van der Waals surface area (Å²) in [5, 5.41) is 3.23. The number of hydrogen-bond donors (Lipinski definition) is 1. The van der Waals surface area contributed by atoms with Gasteiger partial charge in [0.25, 0.3) is 0 Å². The van der Waals surface area contributed by atoms with Crippen LogP contribution in [0.2, 0.25) is 0 Å². The third kappa shape index (κ3) is 4.79.